The Labute approximate surface area is 157 Å². The van der Waals surface area contributed by atoms with E-state index in [1.807, 2.05) is 38.1 Å². The van der Waals surface area contributed by atoms with Crippen molar-refractivity contribution in [1.82, 2.24) is 20.4 Å². The third-order valence-electron chi connectivity index (χ3n) is 3.97. The molecular formula is C20H19N5O2. The molecule has 0 bridgehead atoms. The number of hydrogen-bond acceptors (Lipinski definition) is 6. The molecule has 1 amide bonds. The molecule has 0 aliphatic heterocycles. The van der Waals surface area contributed by atoms with Crippen LogP contribution in [0.1, 0.15) is 47.5 Å². The molecule has 0 atom stereocenters. The van der Waals surface area contributed by atoms with Gasteiger partial charge in [-0.2, -0.15) is 10.2 Å². The molecule has 0 saturated heterocycles. The molecule has 7 heteroatoms. The highest BCUT2D eigenvalue weighted by Gasteiger charge is 2.11. The van der Waals surface area contributed by atoms with Crippen LogP contribution in [0.25, 0.3) is 11.1 Å². The molecule has 7 nitrogen and oxygen atoms in total. The number of nitriles is 1. The third-order valence-corrected chi connectivity index (χ3v) is 3.97. The molecule has 2 heterocycles. The number of amides is 1. The number of hydrogen-bond donors (Lipinski definition) is 1. The molecule has 3 rings (SSSR count). The minimum Gasteiger partial charge on any atom is -0.352 e. The Kier molecular flexibility index (Phi) is 5.57. The van der Waals surface area contributed by atoms with E-state index in [-0.39, 0.29) is 11.8 Å². The van der Waals surface area contributed by atoms with Crippen molar-refractivity contribution in [1.29, 1.82) is 5.26 Å². The topological polar surface area (TPSA) is 105 Å². The lowest BCUT2D eigenvalue weighted by atomic mass is 10.1. The van der Waals surface area contributed by atoms with E-state index in [1.54, 1.807) is 24.4 Å². The lowest BCUT2D eigenvalue weighted by molar-refractivity contribution is 0.0954. The predicted octanol–water partition coefficient (Wildman–Crippen LogP) is 3.10. The normalized spacial score (nSPS) is 10.6. The zero-order valence-electron chi connectivity index (χ0n) is 15.1. The van der Waals surface area contributed by atoms with Crippen LogP contribution in [-0.4, -0.2) is 27.6 Å². The number of rotatable bonds is 6. The minimum atomic E-state index is -0.160. The Balaban J connectivity index is 1.56. The molecule has 0 spiro atoms. The molecule has 1 N–H and O–H groups in total. The van der Waals surface area contributed by atoms with Crippen molar-refractivity contribution in [2.24, 2.45) is 0 Å². The zero-order valence-corrected chi connectivity index (χ0v) is 15.1. The number of nitrogens with zero attached hydrogens (tertiary/aromatic N) is 4. The standard InChI is InChI=1S/C20H19N5O2/c1-13(2)20-24-18(25-27-20)9-10-22-19(26)15-5-3-14(4-6-15)16-7-8-17(11-21)23-12-16/h3-8,12-13H,9-10H2,1-2H3,(H,22,26). The minimum absolute atomic E-state index is 0.160. The first kappa shape index (κ1) is 18.3. The average Bonchev–Trinajstić information content (AvgIpc) is 3.17. The van der Waals surface area contributed by atoms with Crippen LogP contribution in [0.15, 0.2) is 47.1 Å². The molecule has 0 fully saturated rings. The molecule has 0 saturated carbocycles. The van der Waals surface area contributed by atoms with Crippen molar-refractivity contribution >= 4 is 5.91 Å². The van der Waals surface area contributed by atoms with Crippen LogP contribution in [0.5, 0.6) is 0 Å². The van der Waals surface area contributed by atoms with E-state index in [0.717, 1.165) is 11.1 Å². The van der Waals surface area contributed by atoms with Crippen LogP contribution in [-0.2, 0) is 6.42 Å². The molecule has 2 aromatic heterocycles. The van der Waals surface area contributed by atoms with Gasteiger partial charge >= 0.3 is 0 Å². The maximum atomic E-state index is 12.3. The molecule has 136 valence electrons. The van der Waals surface area contributed by atoms with Crippen molar-refractivity contribution < 1.29 is 9.32 Å². The van der Waals surface area contributed by atoms with E-state index in [0.29, 0.717) is 35.9 Å². The highest BCUT2D eigenvalue weighted by atomic mass is 16.5. The first-order valence-corrected chi connectivity index (χ1v) is 8.64. The molecular weight excluding hydrogens is 342 g/mol. The number of nitrogens with one attached hydrogen (secondary N) is 1. The SMILES string of the molecule is CC(C)c1nc(CCNC(=O)c2ccc(-c3ccc(C#N)nc3)cc2)no1. The van der Waals surface area contributed by atoms with E-state index in [4.69, 9.17) is 9.78 Å². The van der Waals surface area contributed by atoms with Gasteiger partial charge in [0.25, 0.3) is 5.91 Å². The zero-order chi connectivity index (χ0) is 19.2. The largest absolute Gasteiger partial charge is 0.352 e. The van der Waals surface area contributed by atoms with Crippen molar-refractivity contribution in [3.8, 4) is 17.2 Å². The van der Waals surface area contributed by atoms with Gasteiger partial charge in [-0.15, -0.1) is 0 Å². The van der Waals surface area contributed by atoms with Crippen LogP contribution in [0.4, 0.5) is 0 Å². The van der Waals surface area contributed by atoms with Gasteiger partial charge in [0, 0.05) is 36.2 Å². The fraction of sp³-hybridized carbons (Fsp3) is 0.250. The van der Waals surface area contributed by atoms with Crippen LogP contribution >= 0.6 is 0 Å². The van der Waals surface area contributed by atoms with Crippen LogP contribution in [0.2, 0.25) is 0 Å². The predicted molar refractivity (Wildman–Crippen MR) is 98.8 cm³/mol. The quantitative estimate of drug-likeness (QED) is 0.723. The van der Waals surface area contributed by atoms with Gasteiger partial charge in [0.1, 0.15) is 11.8 Å². The summed E-state index contributed by atoms with van der Waals surface area (Å²) in [5.41, 5.74) is 2.75. The Bertz CT molecular complexity index is 953. The summed E-state index contributed by atoms with van der Waals surface area (Å²) < 4.78 is 5.14. The molecule has 0 radical (unpaired) electrons. The maximum Gasteiger partial charge on any atom is 0.251 e. The van der Waals surface area contributed by atoms with Crippen molar-refractivity contribution in [3.05, 3.63) is 65.6 Å². The van der Waals surface area contributed by atoms with Crippen molar-refractivity contribution in [3.63, 3.8) is 0 Å². The summed E-state index contributed by atoms with van der Waals surface area (Å²) in [5.74, 6) is 1.21. The Hall–Kier alpha value is -3.53. The summed E-state index contributed by atoms with van der Waals surface area (Å²) in [6.07, 6.45) is 2.15. The van der Waals surface area contributed by atoms with Gasteiger partial charge in [0.05, 0.1) is 0 Å². The Morgan fingerprint density at radius 1 is 1.19 bits per heavy atom. The number of benzene rings is 1. The lowest BCUT2D eigenvalue weighted by Gasteiger charge is -2.05. The molecule has 3 aromatic rings. The molecule has 0 aliphatic rings. The van der Waals surface area contributed by atoms with Crippen molar-refractivity contribution in [2.75, 3.05) is 6.54 Å². The second kappa shape index (κ2) is 8.23. The Morgan fingerprint density at radius 3 is 2.52 bits per heavy atom. The van der Waals surface area contributed by atoms with E-state index >= 15 is 0 Å². The summed E-state index contributed by atoms with van der Waals surface area (Å²) >= 11 is 0. The van der Waals surface area contributed by atoms with Crippen LogP contribution in [0.3, 0.4) is 0 Å². The monoisotopic (exact) mass is 361 g/mol. The van der Waals surface area contributed by atoms with E-state index in [2.05, 4.69) is 20.4 Å². The molecule has 27 heavy (non-hydrogen) atoms. The number of carbonyl (C=O) groups is 1. The summed E-state index contributed by atoms with van der Waals surface area (Å²) in [4.78, 5) is 20.6. The number of pyridine rings is 1. The summed E-state index contributed by atoms with van der Waals surface area (Å²) in [6, 6.07) is 12.7. The summed E-state index contributed by atoms with van der Waals surface area (Å²) in [6.45, 7) is 4.39. The smallest absolute Gasteiger partial charge is 0.251 e. The van der Waals surface area contributed by atoms with Crippen LogP contribution < -0.4 is 5.32 Å². The molecule has 0 aliphatic carbocycles. The van der Waals surface area contributed by atoms with Gasteiger partial charge in [0.2, 0.25) is 5.89 Å². The van der Waals surface area contributed by atoms with Crippen LogP contribution in [0, 0.1) is 11.3 Å². The van der Waals surface area contributed by atoms with Gasteiger partial charge in [-0.05, 0) is 29.8 Å². The van der Waals surface area contributed by atoms with Gasteiger partial charge in [0.15, 0.2) is 5.82 Å². The van der Waals surface area contributed by atoms with Crippen molar-refractivity contribution in [2.45, 2.75) is 26.2 Å². The van der Waals surface area contributed by atoms with E-state index in [1.165, 1.54) is 0 Å². The summed E-state index contributed by atoms with van der Waals surface area (Å²) in [7, 11) is 0. The van der Waals surface area contributed by atoms with E-state index < -0.39 is 0 Å². The van der Waals surface area contributed by atoms with Gasteiger partial charge in [-0.25, -0.2) is 4.98 Å². The Morgan fingerprint density at radius 2 is 1.93 bits per heavy atom. The third kappa shape index (κ3) is 4.55. The first-order valence-electron chi connectivity index (χ1n) is 8.64. The number of carbonyl (C=O) groups excluding carboxylic acids is 1. The van der Waals surface area contributed by atoms with Gasteiger partial charge < -0.3 is 9.84 Å². The van der Waals surface area contributed by atoms with Gasteiger partial charge in [-0.3, -0.25) is 4.79 Å². The lowest BCUT2D eigenvalue weighted by Crippen LogP contribution is -2.25. The maximum absolute atomic E-state index is 12.3. The first-order chi connectivity index (χ1) is 13.1. The average molecular weight is 361 g/mol. The fourth-order valence-electron chi connectivity index (χ4n) is 2.44. The second-order valence-electron chi connectivity index (χ2n) is 6.33. The molecule has 0 unspecified atom stereocenters. The highest BCUT2D eigenvalue weighted by Crippen LogP contribution is 2.19. The second-order valence-corrected chi connectivity index (χ2v) is 6.33. The molecule has 1 aromatic carbocycles. The summed E-state index contributed by atoms with van der Waals surface area (Å²) in [5, 5.41) is 15.5. The van der Waals surface area contributed by atoms with Gasteiger partial charge in [-0.1, -0.05) is 31.1 Å². The highest BCUT2D eigenvalue weighted by molar-refractivity contribution is 5.94. The number of aromatic nitrogens is 3. The van der Waals surface area contributed by atoms with E-state index in [9.17, 15) is 4.79 Å². The fourth-order valence-corrected chi connectivity index (χ4v) is 2.44.